The van der Waals surface area contributed by atoms with Gasteiger partial charge in [-0.15, -0.1) is 0 Å². The molecule has 1 saturated heterocycles. The standard InChI is InChI=1S/C19H22N2O3/c1-23-17-10-6-9-16(18(17)24-2)19(22)21-13-11-20(12-14-21)15-7-4-3-5-8-15/h3-10H,11-14H2,1-2H3. The van der Waals surface area contributed by atoms with Crippen LogP contribution in [0.1, 0.15) is 10.4 Å². The number of anilines is 1. The van der Waals surface area contributed by atoms with Crippen molar-refractivity contribution in [2.75, 3.05) is 45.3 Å². The molecule has 1 fully saturated rings. The summed E-state index contributed by atoms with van der Waals surface area (Å²) in [6.07, 6.45) is 0. The maximum atomic E-state index is 12.9. The molecule has 0 bridgehead atoms. The molecule has 2 aromatic rings. The van der Waals surface area contributed by atoms with E-state index in [1.54, 1.807) is 26.4 Å². The van der Waals surface area contributed by atoms with Gasteiger partial charge in [0, 0.05) is 31.9 Å². The van der Waals surface area contributed by atoms with E-state index in [4.69, 9.17) is 9.47 Å². The summed E-state index contributed by atoms with van der Waals surface area (Å²) in [4.78, 5) is 17.0. The molecule has 24 heavy (non-hydrogen) atoms. The molecular formula is C19H22N2O3. The molecule has 0 radical (unpaired) electrons. The molecule has 5 heteroatoms. The van der Waals surface area contributed by atoms with E-state index < -0.39 is 0 Å². The Morgan fingerprint density at radius 1 is 0.875 bits per heavy atom. The van der Waals surface area contributed by atoms with Crippen LogP contribution in [-0.4, -0.2) is 51.2 Å². The average Bonchev–Trinajstić information content (AvgIpc) is 2.67. The molecule has 5 nitrogen and oxygen atoms in total. The van der Waals surface area contributed by atoms with Gasteiger partial charge in [0.1, 0.15) is 0 Å². The van der Waals surface area contributed by atoms with E-state index >= 15 is 0 Å². The van der Waals surface area contributed by atoms with Crippen molar-refractivity contribution in [2.24, 2.45) is 0 Å². The predicted octanol–water partition coefficient (Wildman–Crippen LogP) is 2.67. The van der Waals surface area contributed by atoms with Gasteiger partial charge in [-0.3, -0.25) is 4.79 Å². The summed E-state index contributed by atoms with van der Waals surface area (Å²) in [6.45, 7) is 3.02. The summed E-state index contributed by atoms with van der Waals surface area (Å²) < 4.78 is 10.7. The highest BCUT2D eigenvalue weighted by atomic mass is 16.5. The predicted molar refractivity (Wildman–Crippen MR) is 94.1 cm³/mol. The van der Waals surface area contributed by atoms with Gasteiger partial charge in [0.25, 0.3) is 5.91 Å². The number of amides is 1. The molecule has 0 N–H and O–H groups in total. The van der Waals surface area contributed by atoms with Crippen molar-refractivity contribution in [1.82, 2.24) is 4.90 Å². The number of carbonyl (C=O) groups is 1. The summed E-state index contributed by atoms with van der Waals surface area (Å²) in [5, 5.41) is 0. The van der Waals surface area contributed by atoms with Gasteiger partial charge in [0.05, 0.1) is 19.8 Å². The zero-order valence-electron chi connectivity index (χ0n) is 14.1. The third-order valence-corrected chi connectivity index (χ3v) is 4.32. The van der Waals surface area contributed by atoms with Gasteiger partial charge in [-0.1, -0.05) is 24.3 Å². The first kappa shape index (κ1) is 16.2. The molecular weight excluding hydrogens is 304 g/mol. The van der Waals surface area contributed by atoms with Gasteiger partial charge >= 0.3 is 0 Å². The number of benzene rings is 2. The highest BCUT2D eigenvalue weighted by molar-refractivity contribution is 5.98. The van der Waals surface area contributed by atoms with Crippen LogP contribution in [0.2, 0.25) is 0 Å². The lowest BCUT2D eigenvalue weighted by Crippen LogP contribution is -2.48. The van der Waals surface area contributed by atoms with E-state index in [0.29, 0.717) is 30.2 Å². The topological polar surface area (TPSA) is 42.0 Å². The molecule has 126 valence electrons. The number of ether oxygens (including phenoxy) is 2. The van der Waals surface area contributed by atoms with Crippen molar-refractivity contribution < 1.29 is 14.3 Å². The minimum atomic E-state index is -0.0153. The Labute approximate surface area is 142 Å². The van der Waals surface area contributed by atoms with Crippen LogP contribution >= 0.6 is 0 Å². The number of nitrogens with zero attached hydrogens (tertiary/aromatic N) is 2. The fourth-order valence-electron chi connectivity index (χ4n) is 3.03. The van der Waals surface area contributed by atoms with Gasteiger partial charge < -0.3 is 19.3 Å². The van der Waals surface area contributed by atoms with Crippen LogP contribution in [0, 0.1) is 0 Å². The molecule has 0 unspecified atom stereocenters. The Balaban J connectivity index is 1.72. The summed E-state index contributed by atoms with van der Waals surface area (Å²) in [5.74, 6) is 1.06. The normalized spacial score (nSPS) is 14.4. The van der Waals surface area contributed by atoms with E-state index in [0.717, 1.165) is 13.1 Å². The third-order valence-electron chi connectivity index (χ3n) is 4.32. The summed E-state index contributed by atoms with van der Waals surface area (Å²) in [6, 6.07) is 15.7. The number of methoxy groups -OCH3 is 2. The number of carbonyl (C=O) groups excluding carboxylic acids is 1. The Bertz CT molecular complexity index is 695. The minimum Gasteiger partial charge on any atom is -0.493 e. The largest absolute Gasteiger partial charge is 0.493 e. The number of piperazine rings is 1. The van der Waals surface area contributed by atoms with Crippen LogP contribution in [0.4, 0.5) is 5.69 Å². The van der Waals surface area contributed by atoms with Gasteiger partial charge in [-0.05, 0) is 24.3 Å². The fourth-order valence-corrected chi connectivity index (χ4v) is 3.03. The Morgan fingerprint density at radius 3 is 2.21 bits per heavy atom. The first-order valence-electron chi connectivity index (χ1n) is 8.05. The molecule has 1 aliphatic heterocycles. The molecule has 1 heterocycles. The Hall–Kier alpha value is -2.69. The van der Waals surface area contributed by atoms with E-state index in [-0.39, 0.29) is 5.91 Å². The molecule has 0 aliphatic carbocycles. The monoisotopic (exact) mass is 326 g/mol. The molecule has 0 saturated carbocycles. The molecule has 2 aromatic carbocycles. The van der Waals surface area contributed by atoms with Crippen LogP contribution in [0.25, 0.3) is 0 Å². The van der Waals surface area contributed by atoms with E-state index in [1.807, 2.05) is 29.2 Å². The van der Waals surface area contributed by atoms with Crippen molar-refractivity contribution in [3.05, 3.63) is 54.1 Å². The second kappa shape index (κ2) is 7.25. The quantitative estimate of drug-likeness (QED) is 0.866. The molecule has 0 spiro atoms. The second-order valence-corrected chi connectivity index (χ2v) is 5.66. The lowest BCUT2D eigenvalue weighted by molar-refractivity contribution is 0.0742. The molecule has 0 aromatic heterocycles. The zero-order valence-corrected chi connectivity index (χ0v) is 14.1. The number of hydrogen-bond acceptors (Lipinski definition) is 4. The van der Waals surface area contributed by atoms with E-state index in [1.165, 1.54) is 5.69 Å². The van der Waals surface area contributed by atoms with Crippen LogP contribution in [-0.2, 0) is 0 Å². The maximum Gasteiger partial charge on any atom is 0.257 e. The van der Waals surface area contributed by atoms with Crippen LogP contribution in [0.5, 0.6) is 11.5 Å². The van der Waals surface area contributed by atoms with Crippen molar-refractivity contribution in [3.63, 3.8) is 0 Å². The maximum absolute atomic E-state index is 12.9. The van der Waals surface area contributed by atoms with Crippen LogP contribution in [0.15, 0.2) is 48.5 Å². The smallest absolute Gasteiger partial charge is 0.257 e. The molecule has 1 aliphatic rings. The number of rotatable bonds is 4. The van der Waals surface area contributed by atoms with E-state index in [9.17, 15) is 4.79 Å². The van der Waals surface area contributed by atoms with Crippen molar-refractivity contribution >= 4 is 11.6 Å². The summed E-state index contributed by atoms with van der Waals surface area (Å²) in [7, 11) is 3.13. The Kier molecular flexibility index (Phi) is 4.89. The van der Waals surface area contributed by atoms with Gasteiger partial charge in [0.2, 0.25) is 0 Å². The van der Waals surface area contributed by atoms with Crippen LogP contribution < -0.4 is 14.4 Å². The van der Waals surface area contributed by atoms with Crippen LogP contribution in [0.3, 0.4) is 0 Å². The lowest BCUT2D eigenvalue weighted by atomic mass is 10.1. The summed E-state index contributed by atoms with van der Waals surface area (Å²) in [5.41, 5.74) is 1.74. The first-order chi connectivity index (χ1) is 11.7. The third kappa shape index (κ3) is 3.15. The fraction of sp³-hybridized carbons (Fsp3) is 0.316. The van der Waals surface area contributed by atoms with Gasteiger partial charge in [-0.2, -0.15) is 0 Å². The van der Waals surface area contributed by atoms with Crippen molar-refractivity contribution in [1.29, 1.82) is 0 Å². The highest BCUT2D eigenvalue weighted by Gasteiger charge is 2.25. The highest BCUT2D eigenvalue weighted by Crippen LogP contribution is 2.31. The summed E-state index contributed by atoms with van der Waals surface area (Å²) >= 11 is 0. The average molecular weight is 326 g/mol. The van der Waals surface area contributed by atoms with E-state index in [2.05, 4.69) is 17.0 Å². The molecule has 1 amide bonds. The first-order valence-corrected chi connectivity index (χ1v) is 8.05. The number of para-hydroxylation sites is 2. The van der Waals surface area contributed by atoms with Gasteiger partial charge in [-0.25, -0.2) is 0 Å². The number of hydrogen-bond donors (Lipinski definition) is 0. The minimum absolute atomic E-state index is 0.0153. The van der Waals surface area contributed by atoms with Crippen molar-refractivity contribution in [2.45, 2.75) is 0 Å². The van der Waals surface area contributed by atoms with Crippen molar-refractivity contribution in [3.8, 4) is 11.5 Å². The molecule has 0 atom stereocenters. The van der Waals surface area contributed by atoms with Gasteiger partial charge in [0.15, 0.2) is 11.5 Å². The second-order valence-electron chi connectivity index (χ2n) is 5.66. The Morgan fingerprint density at radius 2 is 1.58 bits per heavy atom. The zero-order chi connectivity index (χ0) is 16.9. The molecule has 3 rings (SSSR count). The lowest BCUT2D eigenvalue weighted by Gasteiger charge is -2.36. The SMILES string of the molecule is COc1cccc(C(=O)N2CCN(c3ccccc3)CC2)c1OC.